The van der Waals surface area contributed by atoms with E-state index in [0.717, 1.165) is 30.8 Å². The molecule has 0 spiro atoms. The minimum atomic E-state index is -0.242. The Morgan fingerprint density at radius 3 is 3.00 bits per heavy atom. The molecular weight excluding hydrogens is 312 g/mol. The summed E-state index contributed by atoms with van der Waals surface area (Å²) in [4.78, 5) is 31.4. The molecule has 2 atom stereocenters. The van der Waals surface area contributed by atoms with Crippen LogP contribution in [0, 0.1) is 0 Å². The zero-order valence-electron chi connectivity index (χ0n) is 13.4. The summed E-state index contributed by atoms with van der Waals surface area (Å²) in [5.41, 5.74) is 1.89. The van der Waals surface area contributed by atoms with Gasteiger partial charge in [-0.1, -0.05) is 6.92 Å². The number of hydrogen-bond donors (Lipinski definition) is 3. The molecule has 7 heteroatoms. The molecule has 1 saturated heterocycles. The van der Waals surface area contributed by atoms with Crippen LogP contribution in [-0.4, -0.2) is 50.9 Å². The fraction of sp³-hybridized carbons (Fsp3) is 0.500. The summed E-state index contributed by atoms with van der Waals surface area (Å²) < 4.78 is 0. The quantitative estimate of drug-likeness (QED) is 0.799. The molecule has 2 aromatic rings. The average molecular weight is 334 g/mol. The first kappa shape index (κ1) is 16.1. The minimum Gasteiger partial charge on any atom is -0.325 e. The molecule has 1 amide bonds. The largest absolute Gasteiger partial charge is 0.325 e. The Labute approximate surface area is 139 Å². The Morgan fingerprint density at radius 1 is 1.43 bits per heavy atom. The van der Waals surface area contributed by atoms with Crippen molar-refractivity contribution in [3.63, 3.8) is 0 Å². The number of fused-ring (bicyclic) bond motifs is 1. The fourth-order valence-corrected chi connectivity index (χ4v) is 4.07. The molecule has 0 saturated carbocycles. The second kappa shape index (κ2) is 6.80. The van der Waals surface area contributed by atoms with E-state index in [9.17, 15) is 9.59 Å². The molecule has 1 fully saturated rings. The van der Waals surface area contributed by atoms with Gasteiger partial charge in [0.05, 0.1) is 17.1 Å². The first-order valence-corrected chi connectivity index (χ1v) is 9.00. The Hall–Kier alpha value is -1.73. The lowest BCUT2D eigenvalue weighted by Gasteiger charge is -2.35. The number of aromatic amines is 2. The fourth-order valence-electron chi connectivity index (χ4n) is 2.86. The van der Waals surface area contributed by atoms with Gasteiger partial charge in [0, 0.05) is 29.8 Å². The van der Waals surface area contributed by atoms with Gasteiger partial charge in [0.25, 0.3) is 0 Å². The number of H-pyrrole nitrogens is 2. The minimum absolute atomic E-state index is 0.0102. The van der Waals surface area contributed by atoms with Gasteiger partial charge in [-0.3, -0.25) is 9.69 Å². The van der Waals surface area contributed by atoms with Gasteiger partial charge in [-0.15, -0.1) is 0 Å². The summed E-state index contributed by atoms with van der Waals surface area (Å²) >= 11 is 1.99. The van der Waals surface area contributed by atoms with Crippen LogP contribution in [0.4, 0.5) is 5.69 Å². The molecule has 2 unspecified atom stereocenters. The molecule has 3 N–H and O–H groups in total. The van der Waals surface area contributed by atoms with E-state index in [4.69, 9.17) is 0 Å². The van der Waals surface area contributed by atoms with Crippen molar-refractivity contribution in [1.82, 2.24) is 14.9 Å². The zero-order chi connectivity index (χ0) is 16.4. The molecular formula is C16H22N4O2S. The van der Waals surface area contributed by atoms with E-state index in [2.05, 4.69) is 27.1 Å². The monoisotopic (exact) mass is 334 g/mol. The highest BCUT2D eigenvalue weighted by Gasteiger charge is 2.27. The Balaban J connectivity index is 1.68. The van der Waals surface area contributed by atoms with Gasteiger partial charge in [-0.25, -0.2) is 4.79 Å². The number of carbonyl (C=O) groups is 1. The van der Waals surface area contributed by atoms with Gasteiger partial charge in [0.15, 0.2) is 0 Å². The zero-order valence-corrected chi connectivity index (χ0v) is 14.2. The summed E-state index contributed by atoms with van der Waals surface area (Å²) in [6.07, 6.45) is 1.13. The number of aromatic nitrogens is 2. The molecule has 0 aliphatic carbocycles. The third-order valence-corrected chi connectivity index (χ3v) is 5.71. The van der Waals surface area contributed by atoms with E-state index in [1.54, 1.807) is 18.2 Å². The summed E-state index contributed by atoms with van der Waals surface area (Å²) in [7, 11) is 0. The first-order chi connectivity index (χ1) is 11.1. The van der Waals surface area contributed by atoms with Crippen LogP contribution >= 0.6 is 11.8 Å². The molecule has 23 heavy (non-hydrogen) atoms. The van der Waals surface area contributed by atoms with Crippen molar-refractivity contribution in [1.29, 1.82) is 0 Å². The van der Waals surface area contributed by atoms with E-state index in [1.807, 2.05) is 18.7 Å². The molecule has 1 aromatic heterocycles. The van der Waals surface area contributed by atoms with Crippen LogP contribution in [0.2, 0.25) is 0 Å². The first-order valence-electron chi connectivity index (χ1n) is 7.95. The van der Waals surface area contributed by atoms with E-state index in [-0.39, 0.29) is 17.6 Å². The SMILES string of the molecule is CCC1CN(C(C)C(=O)Nc2ccc3[nH]c(=O)[nH]c3c2)CCS1. The summed E-state index contributed by atoms with van der Waals surface area (Å²) in [5.74, 6) is 1.07. The van der Waals surface area contributed by atoms with Gasteiger partial charge >= 0.3 is 5.69 Å². The number of benzene rings is 1. The molecule has 0 bridgehead atoms. The molecule has 1 aliphatic rings. The third-order valence-electron chi connectivity index (χ3n) is 4.34. The van der Waals surface area contributed by atoms with Gasteiger partial charge < -0.3 is 15.3 Å². The Bertz CT molecular complexity index is 754. The van der Waals surface area contributed by atoms with E-state index in [1.165, 1.54) is 0 Å². The van der Waals surface area contributed by atoms with Crippen molar-refractivity contribution in [2.24, 2.45) is 0 Å². The number of thioether (sulfide) groups is 1. The summed E-state index contributed by atoms with van der Waals surface area (Å²) in [6, 6.07) is 5.21. The van der Waals surface area contributed by atoms with Crippen LogP contribution in [0.3, 0.4) is 0 Å². The van der Waals surface area contributed by atoms with Crippen molar-refractivity contribution in [2.45, 2.75) is 31.6 Å². The maximum Gasteiger partial charge on any atom is 0.323 e. The normalized spacial score (nSPS) is 20.5. The lowest BCUT2D eigenvalue weighted by Crippen LogP contribution is -2.48. The van der Waals surface area contributed by atoms with Crippen molar-refractivity contribution < 1.29 is 4.79 Å². The predicted molar refractivity (Wildman–Crippen MR) is 95.1 cm³/mol. The molecule has 0 radical (unpaired) electrons. The van der Waals surface area contributed by atoms with Crippen molar-refractivity contribution in [2.75, 3.05) is 24.2 Å². The topological polar surface area (TPSA) is 81.0 Å². The highest BCUT2D eigenvalue weighted by Crippen LogP contribution is 2.23. The van der Waals surface area contributed by atoms with E-state index >= 15 is 0 Å². The highest BCUT2D eigenvalue weighted by molar-refractivity contribution is 8.00. The molecule has 1 aliphatic heterocycles. The van der Waals surface area contributed by atoms with Crippen LogP contribution in [0.1, 0.15) is 20.3 Å². The number of nitrogens with zero attached hydrogens (tertiary/aromatic N) is 1. The van der Waals surface area contributed by atoms with Crippen molar-refractivity contribution in [3.8, 4) is 0 Å². The average Bonchev–Trinajstić information content (AvgIpc) is 2.93. The Kier molecular flexibility index (Phi) is 4.77. The second-order valence-corrected chi connectivity index (χ2v) is 7.31. The summed E-state index contributed by atoms with van der Waals surface area (Å²) in [5, 5.41) is 3.56. The maximum absolute atomic E-state index is 12.5. The number of imidazole rings is 1. The number of hydrogen-bond acceptors (Lipinski definition) is 4. The van der Waals surface area contributed by atoms with Gasteiger partial charge in [-0.05, 0) is 31.5 Å². The third kappa shape index (κ3) is 3.61. The second-order valence-electron chi connectivity index (χ2n) is 5.90. The standard InChI is InChI=1S/C16H22N4O2S/c1-3-12-9-20(6-7-23-12)10(2)15(21)17-11-4-5-13-14(8-11)19-16(22)18-13/h4-5,8,10,12H,3,6-7,9H2,1-2H3,(H,17,21)(H2,18,19,22). The number of anilines is 1. The lowest BCUT2D eigenvalue weighted by atomic mass is 10.2. The predicted octanol–water partition coefficient (Wildman–Crippen LogP) is 2.01. The molecule has 3 rings (SSSR count). The number of carbonyl (C=O) groups excluding carboxylic acids is 1. The number of nitrogens with one attached hydrogen (secondary N) is 3. The van der Waals surface area contributed by atoms with E-state index in [0.29, 0.717) is 16.5 Å². The lowest BCUT2D eigenvalue weighted by molar-refractivity contribution is -0.120. The van der Waals surface area contributed by atoms with Crippen LogP contribution in [0.25, 0.3) is 11.0 Å². The smallest absolute Gasteiger partial charge is 0.323 e. The maximum atomic E-state index is 12.5. The summed E-state index contributed by atoms with van der Waals surface area (Å²) in [6.45, 7) is 6.05. The molecule has 6 nitrogen and oxygen atoms in total. The number of amides is 1. The van der Waals surface area contributed by atoms with Gasteiger partial charge in [-0.2, -0.15) is 11.8 Å². The molecule has 124 valence electrons. The number of rotatable bonds is 4. The van der Waals surface area contributed by atoms with Crippen LogP contribution in [-0.2, 0) is 4.79 Å². The van der Waals surface area contributed by atoms with Gasteiger partial charge in [0.1, 0.15) is 0 Å². The van der Waals surface area contributed by atoms with Crippen LogP contribution < -0.4 is 11.0 Å². The van der Waals surface area contributed by atoms with Crippen molar-refractivity contribution in [3.05, 3.63) is 28.7 Å². The van der Waals surface area contributed by atoms with Crippen molar-refractivity contribution >= 4 is 34.4 Å². The van der Waals surface area contributed by atoms with Crippen LogP contribution in [0.15, 0.2) is 23.0 Å². The molecule has 2 heterocycles. The van der Waals surface area contributed by atoms with Gasteiger partial charge in [0.2, 0.25) is 5.91 Å². The molecule has 1 aromatic carbocycles. The highest BCUT2D eigenvalue weighted by atomic mass is 32.2. The Morgan fingerprint density at radius 2 is 2.22 bits per heavy atom. The van der Waals surface area contributed by atoms with Crippen LogP contribution in [0.5, 0.6) is 0 Å². The van der Waals surface area contributed by atoms with E-state index < -0.39 is 0 Å².